The molecule has 134 valence electrons. The summed E-state index contributed by atoms with van der Waals surface area (Å²) in [6.45, 7) is 5.78. The van der Waals surface area contributed by atoms with Gasteiger partial charge in [-0.3, -0.25) is 14.2 Å². The van der Waals surface area contributed by atoms with E-state index in [9.17, 15) is 9.59 Å². The SMILES string of the molecule is CC[C@H](C)n1c(SCC(=O)N2CCCCC2)nc2ccccc2c1=O. The van der Waals surface area contributed by atoms with Crippen LogP contribution in [0.5, 0.6) is 0 Å². The number of carbonyl (C=O) groups excluding carboxylic acids is 1. The Hall–Kier alpha value is -1.82. The molecular formula is C19H25N3O2S. The predicted octanol–water partition coefficient (Wildman–Crippen LogP) is 3.47. The Balaban J connectivity index is 1.88. The minimum absolute atomic E-state index is 0.0205. The average Bonchev–Trinajstić information content (AvgIpc) is 2.66. The van der Waals surface area contributed by atoms with Crippen LogP contribution in [-0.4, -0.2) is 39.2 Å². The Morgan fingerprint density at radius 3 is 2.68 bits per heavy atom. The standard InChI is InChI=1S/C19H25N3O2S/c1-3-14(2)22-18(24)15-9-5-6-10-16(15)20-19(22)25-13-17(23)21-11-7-4-8-12-21/h5-6,9-10,14H,3-4,7-8,11-13H2,1-2H3/t14-/m0/s1. The van der Waals surface area contributed by atoms with Gasteiger partial charge in [-0.05, 0) is 44.7 Å². The zero-order chi connectivity index (χ0) is 17.8. The second kappa shape index (κ2) is 8.04. The second-order valence-electron chi connectivity index (χ2n) is 6.57. The van der Waals surface area contributed by atoms with E-state index in [-0.39, 0.29) is 17.5 Å². The third-order valence-electron chi connectivity index (χ3n) is 4.84. The minimum Gasteiger partial charge on any atom is -0.342 e. The van der Waals surface area contributed by atoms with E-state index in [1.165, 1.54) is 18.2 Å². The third-order valence-corrected chi connectivity index (χ3v) is 5.78. The highest BCUT2D eigenvalue weighted by molar-refractivity contribution is 7.99. The van der Waals surface area contributed by atoms with Gasteiger partial charge in [-0.2, -0.15) is 0 Å². The minimum atomic E-state index is -0.0205. The van der Waals surface area contributed by atoms with Gasteiger partial charge >= 0.3 is 0 Å². The average molecular weight is 359 g/mol. The van der Waals surface area contributed by atoms with Gasteiger partial charge in [0.2, 0.25) is 5.91 Å². The Morgan fingerprint density at radius 2 is 1.96 bits per heavy atom. The first-order chi connectivity index (χ1) is 12.1. The third kappa shape index (κ3) is 3.89. The number of hydrogen-bond acceptors (Lipinski definition) is 4. The largest absolute Gasteiger partial charge is 0.342 e. The molecule has 0 aliphatic carbocycles. The van der Waals surface area contributed by atoms with E-state index < -0.39 is 0 Å². The summed E-state index contributed by atoms with van der Waals surface area (Å²) in [4.78, 5) is 32.0. The van der Waals surface area contributed by atoms with Crippen molar-refractivity contribution >= 4 is 28.6 Å². The van der Waals surface area contributed by atoms with Gasteiger partial charge in [0.15, 0.2) is 5.16 Å². The van der Waals surface area contributed by atoms with Crippen LogP contribution >= 0.6 is 11.8 Å². The molecule has 5 nitrogen and oxygen atoms in total. The van der Waals surface area contributed by atoms with Crippen LogP contribution in [0.4, 0.5) is 0 Å². The molecule has 0 radical (unpaired) electrons. The van der Waals surface area contributed by atoms with E-state index in [0.29, 0.717) is 21.8 Å². The second-order valence-corrected chi connectivity index (χ2v) is 7.52. The highest BCUT2D eigenvalue weighted by atomic mass is 32.2. The number of hydrogen-bond donors (Lipinski definition) is 0. The van der Waals surface area contributed by atoms with Gasteiger partial charge in [-0.25, -0.2) is 4.98 Å². The van der Waals surface area contributed by atoms with Gasteiger partial charge in [0, 0.05) is 19.1 Å². The van der Waals surface area contributed by atoms with Gasteiger partial charge in [0.05, 0.1) is 16.7 Å². The molecule has 25 heavy (non-hydrogen) atoms. The summed E-state index contributed by atoms with van der Waals surface area (Å²) in [5, 5.41) is 1.28. The van der Waals surface area contributed by atoms with Crippen molar-refractivity contribution < 1.29 is 4.79 Å². The smallest absolute Gasteiger partial charge is 0.262 e. The fourth-order valence-corrected chi connectivity index (χ4v) is 4.16. The summed E-state index contributed by atoms with van der Waals surface area (Å²) in [5.74, 6) is 0.476. The molecule has 2 heterocycles. The number of amides is 1. The predicted molar refractivity (Wildman–Crippen MR) is 102 cm³/mol. The van der Waals surface area contributed by atoms with Crippen molar-refractivity contribution in [1.29, 1.82) is 0 Å². The van der Waals surface area contributed by atoms with E-state index in [2.05, 4.69) is 11.9 Å². The molecule has 1 amide bonds. The molecule has 1 aromatic carbocycles. The van der Waals surface area contributed by atoms with Gasteiger partial charge < -0.3 is 4.90 Å². The van der Waals surface area contributed by atoms with Crippen molar-refractivity contribution in [3.8, 4) is 0 Å². The number of rotatable bonds is 5. The molecular weight excluding hydrogens is 334 g/mol. The van der Waals surface area contributed by atoms with E-state index in [0.717, 1.165) is 32.4 Å². The molecule has 6 heteroatoms. The lowest BCUT2D eigenvalue weighted by atomic mass is 10.1. The summed E-state index contributed by atoms with van der Waals surface area (Å²) in [6, 6.07) is 7.47. The number of thioether (sulfide) groups is 1. The number of likely N-dealkylation sites (tertiary alicyclic amines) is 1. The number of piperidine rings is 1. The van der Waals surface area contributed by atoms with Crippen molar-refractivity contribution in [2.75, 3.05) is 18.8 Å². The Labute approximate surface area is 152 Å². The lowest BCUT2D eigenvalue weighted by Crippen LogP contribution is -2.37. The number of carbonyl (C=O) groups is 1. The number of fused-ring (bicyclic) bond motifs is 1. The molecule has 0 unspecified atom stereocenters. The van der Waals surface area contributed by atoms with Crippen LogP contribution in [0.1, 0.15) is 45.6 Å². The van der Waals surface area contributed by atoms with Gasteiger partial charge in [-0.1, -0.05) is 30.8 Å². The van der Waals surface area contributed by atoms with Crippen LogP contribution in [0, 0.1) is 0 Å². The maximum absolute atomic E-state index is 12.9. The normalized spacial score (nSPS) is 16.2. The van der Waals surface area contributed by atoms with Crippen LogP contribution in [0.3, 0.4) is 0 Å². The van der Waals surface area contributed by atoms with E-state index in [1.54, 1.807) is 4.57 Å². The van der Waals surface area contributed by atoms with Crippen LogP contribution < -0.4 is 5.56 Å². The van der Waals surface area contributed by atoms with Crippen molar-refractivity contribution in [3.63, 3.8) is 0 Å². The highest BCUT2D eigenvalue weighted by Gasteiger charge is 2.20. The highest BCUT2D eigenvalue weighted by Crippen LogP contribution is 2.23. The molecule has 1 atom stereocenters. The zero-order valence-electron chi connectivity index (χ0n) is 14.9. The topological polar surface area (TPSA) is 55.2 Å². The van der Waals surface area contributed by atoms with Crippen molar-refractivity contribution in [2.45, 2.75) is 50.7 Å². The summed E-state index contributed by atoms with van der Waals surface area (Å²) in [6.07, 6.45) is 4.22. The fraction of sp³-hybridized carbons (Fsp3) is 0.526. The van der Waals surface area contributed by atoms with Gasteiger partial charge in [-0.15, -0.1) is 0 Å². The van der Waals surface area contributed by atoms with Gasteiger partial charge in [0.25, 0.3) is 5.56 Å². The first kappa shape index (κ1) is 18.0. The lowest BCUT2D eigenvalue weighted by Gasteiger charge is -2.26. The fourth-order valence-electron chi connectivity index (χ4n) is 3.16. The lowest BCUT2D eigenvalue weighted by molar-refractivity contribution is -0.129. The molecule has 1 aliphatic heterocycles. The zero-order valence-corrected chi connectivity index (χ0v) is 15.7. The number of aromatic nitrogens is 2. The molecule has 0 bridgehead atoms. The molecule has 0 spiro atoms. The maximum Gasteiger partial charge on any atom is 0.262 e. The Morgan fingerprint density at radius 1 is 1.24 bits per heavy atom. The van der Waals surface area contributed by atoms with E-state index in [4.69, 9.17) is 0 Å². The molecule has 2 aromatic rings. The molecule has 0 N–H and O–H groups in total. The van der Waals surface area contributed by atoms with Crippen LogP contribution in [0.25, 0.3) is 10.9 Å². The first-order valence-corrected chi connectivity index (χ1v) is 10.0. The molecule has 0 saturated carbocycles. The monoisotopic (exact) mass is 359 g/mol. The molecule has 1 saturated heterocycles. The quantitative estimate of drug-likeness (QED) is 0.606. The summed E-state index contributed by atoms with van der Waals surface area (Å²) >= 11 is 1.38. The van der Waals surface area contributed by atoms with Gasteiger partial charge in [0.1, 0.15) is 0 Å². The summed E-state index contributed by atoms with van der Waals surface area (Å²) in [7, 11) is 0. The first-order valence-electron chi connectivity index (χ1n) is 9.03. The van der Waals surface area contributed by atoms with E-state index in [1.807, 2.05) is 36.1 Å². The van der Waals surface area contributed by atoms with Crippen LogP contribution in [0.2, 0.25) is 0 Å². The summed E-state index contributed by atoms with van der Waals surface area (Å²) < 4.78 is 1.75. The molecule has 1 aromatic heterocycles. The molecule has 1 aliphatic rings. The Kier molecular flexibility index (Phi) is 5.78. The van der Waals surface area contributed by atoms with Crippen molar-refractivity contribution in [3.05, 3.63) is 34.6 Å². The van der Waals surface area contributed by atoms with E-state index >= 15 is 0 Å². The molecule has 3 rings (SSSR count). The number of nitrogens with zero attached hydrogens (tertiary/aromatic N) is 3. The summed E-state index contributed by atoms with van der Waals surface area (Å²) in [5.41, 5.74) is 0.674. The van der Waals surface area contributed by atoms with Crippen molar-refractivity contribution in [2.24, 2.45) is 0 Å². The maximum atomic E-state index is 12.9. The van der Waals surface area contributed by atoms with Crippen molar-refractivity contribution in [1.82, 2.24) is 14.5 Å². The molecule has 1 fully saturated rings. The Bertz CT molecular complexity index is 812. The van der Waals surface area contributed by atoms with Crippen LogP contribution in [0.15, 0.2) is 34.2 Å². The number of para-hydroxylation sites is 1. The van der Waals surface area contributed by atoms with Crippen LogP contribution in [-0.2, 0) is 4.79 Å². The number of benzene rings is 1.